The highest BCUT2D eigenvalue weighted by Gasteiger charge is 2.01. The maximum Gasteiger partial charge on any atom is 0.333 e. The van der Waals surface area contributed by atoms with E-state index in [0.29, 0.717) is 12.0 Å². The van der Waals surface area contributed by atoms with Gasteiger partial charge in [0.25, 0.3) is 0 Å². The summed E-state index contributed by atoms with van der Waals surface area (Å²) in [6.07, 6.45) is 2.04. The van der Waals surface area contributed by atoms with Gasteiger partial charge in [-0.15, -0.1) is 0 Å². The number of hydrogen-bond acceptors (Lipinski definition) is 2. The van der Waals surface area contributed by atoms with Crippen LogP contribution < -0.4 is 5.32 Å². The van der Waals surface area contributed by atoms with Crippen LogP contribution in [0.1, 0.15) is 13.3 Å². The molecule has 0 radical (unpaired) electrons. The van der Waals surface area contributed by atoms with Crippen molar-refractivity contribution in [3.05, 3.63) is 11.8 Å². The molecule has 0 aliphatic heterocycles. The average Bonchev–Trinajstić information content (AvgIpc) is 1.82. The lowest BCUT2D eigenvalue weighted by molar-refractivity contribution is -0.132. The molecule has 0 rings (SSSR count). The second-order valence-electron chi connectivity index (χ2n) is 1.62. The molecule has 3 nitrogen and oxygen atoms in total. The molecular weight excluding hydrogens is 118 g/mol. The van der Waals surface area contributed by atoms with Gasteiger partial charge in [-0.25, -0.2) is 4.79 Å². The molecular formula is C6H11NO2. The molecule has 0 spiro atoms. The third-order valence-corrected chi connectivity index (χ3v) is 0.974. The SMILES string of the molecule is CCC(=CNC)C(=O)O. The summed E-state index contributed by atoms with van der Waals surface area (Å²) in [4.78, 5) is 10.2. The van der Waals surface area contributed by atoms with Crippen LogP contribution in [0.5, 0.6) is 0 Å². The molecule has 0 fully saturated rings. The second-order valence-corrected chi connectivity index (χ2v) is 1.62. The molecule has 3 heteroatoms. The van der Waals surface area contributed by atoms with Crippen LogP contribution >= 0.6 is 0 Å². The Morgan fingerprint density at radius 3 is 2.44 bits per heavy atom. The van der Waals surface area contributed by atoms with E-state index in [4.69, 9.17) is 5.11 Å². The minimum Gasteiger partial charge on any atom is -0.478 e. The first-order valence-electron chi connectivity index (χ1n) is 2.82. The van der Waals surface area contributed by atoms with Gasteiger partial charge in [-0.1, -0.05) is 6.92 Å². The summed E-state index contributed by atoms with van der Waals surface area (Å²) in [5.74, 6) is -0.855. The summed E-state index contributed by atoms with van der Waals surface area (Å²) >= 11 is 0. The van der Waals surface area contributed by atoms with Crippen LogP contribution in [0.15, 0.2) is 11.8 Å². The van der Waals surface area contributed by atoms with Crippen molar-refractivity contribution >= 4 is 5.97 Å². The predicted octanol–water partition coefficient (Wildman–Crippen LogP) is 0.584. The van der Waals surface area contributed by atoms with Crippen molar-refractivity contribution in [2.24, 2.45) is 0 Å². The van der Waals surface area contributed by atoms with Crippen molar-refractivity contribution in [2.45, 2.75) is 13.3 Å². The highest BCUT2D eigenvalue weighted by Crippen LogP contribution is 1.96. The van der Waals surface area contributed by atoms with E-state index in [1.54, 1.807) is 14.0 Å². The third kappa shape index (κ3) is 2.74. The first-order valence-corrected chi connectivity index (χ1v) is 2.82. The maximum absolute atomic E-state index is 10.2. The Labute approximate surface area is 54.4 Å². The van der Waals surface area contributed by atoms with Crippen LogP contribution in [0.3, 0.4) is 0 Å². The van der Waals surface area contributed by atoms with Gasteiger partial charge in [-0.3, -0.25) is 0 Å². The van der Waals surface area contributed by atoms with Crippen LogP contribution in [0.2, 0.25) is 0 Å². The number of carboxylic acid groups (broad SMARTS) is 1. The minimum absolute atomic E-state index is 0.400. The zero-order chi connectivity index (χ0) is 7.28. The first-order chi connectivity index (χ1) is 4.22. The fourth-order valence-electron chi connectivity index (χ4n) is 0.489. The van der Waals surface area contributed by atoms with E-state index in [2.05, 4.69) is 5.32 Å². The number of carboxylic acids is 1. The molecule has 0 saturated carbocycles. The summed E-state index contributed by atoms with van der Waals surface area (Å²) in [7, 11) is 1.68. The molecule has 0 aromatic heterocycles. The van der Waals surface area contributed by atoms with E-state index < -0.39 is 5.97 Å². The van der Waals surface area contributed by atoms with Crippen LogP contribution in [-0.2, 0) is 4.79 Å². The van der Waals surface area contributed by atoms with E-state index in [1.807, 2.05) is 0 Å². The number of rotatable bonds is 3. The Balaban J connectivity index is 3.98. The van der Waals surface area contributed by atoms with E-state index in [-0.39, 0.29) is 0 Å². The van der Waals surface area contributed by atoms with Gasteiger partial charge in [-0.05, 0) is 6.42 Å². The first kappa shape index (κ1) is 8.01. The molecule has 2 N–H and O–H groups in total. The van der Waals surface area contributed by atoms with E-state index in [1.165, 1.54) is 6.20 Å². The molecule has 0 atom stereocenters. The Kier molecular flexibility index (Phi) is 3.51. The Morgan fingerprint density at radius 1 is 1.78 bits per heavy atom. The van der Waals surface area contributed by atoms with Crippen molar-refractivity contribution in [1.29, 1.82) is 0 Å². The van der Waals surface area contributed by atoms with Crippen molar-refractivity contribution in [1.82, 2.24) is 5.32 Å². The van der Waals surface area contributed by atoms with E-state index in [9.17, 15) is 4.79 Å². The van der Waals surface area contributed by atoms with Crippen molar-refractivity contribution in [3.63, 3.8) is 0 Å². The van der Waals surface area contributed by atoms with Gasteiger partial charge in [-0.2, -0.15) is 0 Å². The summed E-state index contributed by atoms with van der Waals surface area (Å²) in [6, 6.07) is 0. The monoisotopic (exact) mass is 129 g/mol. The molecule has 0 aliphatic rings. The van der Waals surface area contributed by atoms with Gasteiger partial charge in [0.15, 0.2) is 0 Å². The summed E-state index contributed by atoms with van der Waals surface area (Å²) in [6.45, 7) is 1.80. The Morgan fingerprint density at radius 2 is 2.33 bits per heavy atom. The second kappa shape index (κ2) is 3.95. The molecule has 0 saturated heterocycles. The summed E-state index contributed by atoms with van der Waals surface area (Å²) in [5, 5.41) is 11.1. The smallest absolute Gasteiger partial charge is 0.333 e. The summed E-state index contributed by atoms with van der Waals surface area (Å²) in [5.41, 5.74) is 0.400. The third-order valence-electron chi connectivity index (χ3n) is 0.974. The zero-order valence-electron chi connectivity index (χ0n) is 5.64. The van der Waals surface area contributed by atoms with Crippen molar-refractivity contribution in [3.8, 4) is 0 Å². The molecule has 0 bridgehead atoms. The van der Waals surface area contributed by atoms with Gasteiger partial charge in [0.2, 0.25) is 0 Å². The lowest BCUT2D eigenvalue weighted by Gasteiger charge is -1.94. The van der Waals surface area contributed by atoms with Crippen LogP contribution in [-0.4, -0.2) is 18.1 Å². The highest BCUT2D eigenvalue weighted by atomic mass is 16.4. The van der Waals surface area contributed by atoms with Gasteiger partial charge in [0.05, 0.1) is 5.57 Å². The molecule has 0 aromatic carbocycles. The Hall–Kier alpha value is -0.990. The van der Waals surface area contributed by atoms with Gasteiger partial charge < -0.3 is 10.4 Å². The van der Waals surface area contributed by atoms with Gasteiger partial charge >= 0.3 is 5.97 Å². The molecule has 0 heterocycles. The van der Waals surface area contributed by atoms with Crippen LogP contribution in [0.4, 0.5) is 0 Å². The summed E-state index contributed by atoms with van der Waals surface area (Å²) < 4.78 is 0. The topological polar surface area (TPSA) is 49.3 Å². The number of carbonyl (C=O) groups is 1. The Bertz CT molecular complexity index is 129. The number of nitrogens with one attached hydrogen (secondary N) is 1. The van der Waals surface area contributed by atoms with Crippen LogP contribution in [0, 0.1) is 0 Å². The quantitative estimate of drug-likeness (QED) is 0.548. The van der Waals surface area contributed by atoms with Crippen LogP contribution in [0.25, 0.3) is 0 Å². The zero-order valence-corrected chi connectivity index (χ0v) is 5.64. The van der Waals surface area contributed by atoms with Gasteiger partial charge in [0.1, 0.15) is 0 Å². The highest BCUT2D eigenvalue weighted by molar-refractivity contribution is 5.86. The average molecular weight is 129 g/mol. The van der Waals surface area contributed by atoms with E-state index in [0.717, 1.165) is 0 Å². The fraction of sp³-hybridized carbons (Fsp3) is 0.500. The van der Waals surface area contributed by atoms with Crippen molar-refractivity contribution < 1.29 is 9.90 Å². The largest absolute Gasteiger partial charge is 0.478 e. The predicted molar refractivity (Wildman–Crippen MR) is 35.1 cm³/mol. The van der Waals surface area contributed by atoms with E-state index >= 15 is 0 Å². The van der Waals surface area contributed by atoms with Crippen molar-refractivity contribution in [2.75, 3.05) is 7.05 Å². The molecule has 0 aliphatic carbocycles. The lowest BCUT2D eigenvalue weighted by atomic mass is 10.2. The number of hydrogen-bond donors (Lipinski definition) is 2. The molecule has 0 aromatic rings. The molecule has 52 valence electrons. The lowest BCUT2D eigenvalue weighted by Crippen LogP contribution is -2.04. The molecule has 0 amide bonds. The fourth-order valence-corrected chi connectivity index (χ4v) is 0.489. The standard InChI is InChI=1S/C6H11NO2/c1-3-5(4-7-2)6(8)9/h4,7H,3H2,1-2H3,(H,8,9). The minimum atomic E-state index is -0.855. The molecule has 9 heavy (non-hydrogen) atoms. The van der Waals surface area contributed by atoms with Gasteiger partial charge in [0, 0.05) is 13.2 Å². The number of aliphatic carboxylic acids is 1. The normalized spacial score (nSPS) is 11.1. The maximum atomic E-state index is 10.2. The molecule has 0 unspecified atom stereocenters.